The molecule has 2 N–H and O–H groups in total. The molecule has 6 heteroatoms. The molecule has 0 aliphatic heterocycles. The first-order valence-corrected chi connectivity index (χ1v) is 3.94. The van der Waals surface area contributed by atoms with Crippen LogP contribution in [0.3, 0.4) is 0 Å². The van der Waals surface area contributed by atoms with Gasteiger partial charge in [-0.05, 0) is 27.7 Å². The van der Waals surface area contributed by atoms with E-state index in [0.29, 0.717) is 0 Å². The Hall–Kier alpha value is -0.970. The first kappa shape index (κ1) is 15.5. The van der Waals surface area contributed by atoms with Crippen molar-refractivity contribution in [2.75, 3.05) is 0 Å². The fourth-order valence-corrected chi connectivity index (χ4v) is 0.546. The quantitative estimate of drug-likeness (QED) is 0.745. The number of carbonyl (C=O) groups excluding carboxylic acids is 1. The molecule has 0 aliphatic carbocycles. The first-order valence-electron chi connectivity index (χ1n) is 3.94. The van der Waals surface area contributed by atoms with Crippen molar-refractivity contribution in [3.8, 4) is 0 Å². The van der Waals surface area contributed by atoms with Crippen LogP contribution in [0, 0.1) is 0 Å². The van der Waals surface area contributed by atoms with Crippen LogP contribution >= 0.6 is 12.4 Å². The number of nitrogens with one attached hydrogen (secondary N) is 1. The van der Waals surface area contributed by atoms with Crippen LogP contribution in [0.1, 0.15) is 27.7 Å². The molecule has 84 valence electrons. The zero-order valence-corrected chi connectivity index (χ0v) is 9.47. The highest BCUT2D eigenvalue weighted by molar-refractivity contribution is 5.85. The van der Waals surface area contributed by atoms with Crippen LogP contribution in [-0.4, -0.2) is 28.8 Å². The summed E-state index contributed by atoms with van der Waals surface area (Å²) in [7, 11) is 0. The van der Waals surface area contributed by atoms with Crippen molar-refractivity contribution in [3.05, 3.63) is 0 Å². The Bertz CT molecular complexity index is 212. The minimum atomic E-state index is -1.09. The van der Waals surface area contributed by atoms with E-state index in [1.165, 1.54) is 6.92 Å². The van der Waals surface area contributed by atoms with Gasteiger partial charge in [0.1, 0.15) is 11.6 Å². The molecule has 0 aliphatic rings. The Kier molecular flexibility index (Phi) is 6.31. The predicted octanol–water partition coefficient (Wildman–Crippen LogP) is 1.41. The molecule has 0 aromatic rings. The second-order valence-electron chi connectivity index (χ2n) is 3.71. The molecule has 1 atom stereocenters. The molecular weight excluding hydrogens is 210 g/mol. The zero-order chi connectivity index (χ0) is 10.6. The van der Waals surface area contributed by atoms with Gasteiger partial charge in [-0.15, -0.1) is 12.4 Å². The monoisotopic (exact) mass is 225 g/mol. The highest BCUT2D eigenvalue weighted by Gasteiger charge is 2.20. The van der Waals surface area contributed by atoms with Crippen molar-refractivity contribution >= 4 is 24.5 Å². The summed E-state index contributed by atoms with van der Waals surface area (Å²) in [5.41, 5.74) is -0.609. The van der Waals surface area contributed by atoms with Crippen molar-refractivity contribution in [1.29, 1.82) is 0 Å². The number of carboxylic acid groups (broad SMARTS) is 1. The minimum absolute atomic E-state index is 0. The number of carboxylic acids is 1. The van der Waals surface area contributed by atoms with Crippen LogP contribution in [0.5, 0.6) is 0 Å². The van der Waals surface area contributed by atoms with E-state index >= 15 is 0 Å². The van der Waals surface area contributed by atoms with Gasteiger partial charge >= 0.3 is 12.1 Å². The Morgan fingerprint density at radius 3 is 2.07 bits per heavy atom. The number of carbonyl (C=O) groups is 2. The van der Waals surface area contributed by atoms with Gasteiger partial charge in [-0.2, -0.15) is 0 Å². The number of amides is 1. The lowest BCUT2D eigenvalue weighted by molar-refractivity contribution is -0.139. The number of hydrogen-bond acceptors (Lipinski definition) is 3. The molecule has 0 radical (unpaired) electrons. The van der Waals surface area contributed by atoms with E-state index in [4.69, 9.17) is 9.84 Å². The highest BCUT2D eigenvalue weighted by atomic mass is 35.5. The van der Waals surface area contributed by atoms with Gasteiger partial charge in [0.2, 0.25) is 0 Å². The standard InChI is InChI=1S/C8H15NO4.ClH/c1-5(6(10)11)9-7(12)13-8(2,3)4;/h5H,1-4H3,(H,9,12)(H,10,11);1H. The minimum Gasteiger partial charge on any atom is -0.480 e. The lowest BCUT2D eigenvalue weighted by atomic mass is 10.2. The van der Waals surface area contributed by atoms with Crippen LogP contribution < -0.4 is 5.32 Å². The molecule has 1 unspecified atom stereocenters. The number of alkyl carbamates (subject to hydrolysis) is 1. The van der Waals surface area contributed by atoms with Gasteiger partial charge in [-0.3, -0.25) is 4.79 Å². The third kappa shape index (κ3) is 7.67. The van der Waals surface area contributed by atoms with E-state index in [1.807, 2.05) is 0 Å². The maximum atomic E-state index is 11.0. The second-order valence-corrected chi connectivity index (χ2v) is 3.71. The molecule has 14 heavy (non-hydrogen) atoms. The second kappa shape index (κ2) is 5.70. The number of aliphatic carboxylic acids is 1. The summed E-state index contributed by atoms with van der Waals surface area (Å²) in [6, 6.07) is -0.935. The molecule has 1 amide bonds. The Morgan fingerprint density at radius 1 is 1.36 bits per heavy atom. The molecule has 0 fully saturated rings. The van der Waals surface area contributed by atoms with Gasteiger partial charge in [0.05, 0.1) is 0 Å². The van der Waals surface area contributed by atoms with Crippen molar-refractivity contribution in [2.24, 2.45) is 0 Å². The topological polar surface area (TPSA) is 75.6 Å². The predicted molar refractivity (Wildman–Crippen MR) is 53.7 cm³/mol. The SMILES string of the molecule is CC(NC(=O)OC(C)(C)C)C(=O)O.Cl. The Balaban J connectivity index is 0. The molecular formula is C8H16ClNO4. The van der Waals surface area contributed by atoms with Crippen LogP contribution in [0.2, 0.25) is 0 Å². The van der Waals surface area contributed by atoms with E-state index in [9.17, 15) is 9.59 Å². The summed E-state index contributed by atoms with van der Waals surface area (Å²) < 4.78 is 4.85. The van der Waals surface area contributed by atoms with Crippen molar-refractivity contribution in [2.45, 2.75) is 39.3 Å². The molecule has 0 aromatic carbocycles. The lowest BCUT2D eigenvalue weighted by Crippen LogP contribution is -2.41. The third-order valence-corrected chi connectivity index (χ3v) is 1.10. The fraction of sp³-hybridized carbons (Fsp3) is 0.750. The summed E-state index contributed by atoms with van der Waals surface area (Å²) in [4.78, 5) is 21.3. The van der Waals surface area contributed by atoms with Gasteiger partial charge in [-0.25, -0.2) is 4.79 Å². The summed E-state index contributed by atoms with van der Waals surface area (Å²) in [5, 5.41) is 10.6. The number of ether oxygens (including phenoxy) is 1. The van der Waals surface area contributed by atoms with E-state index in [1.54, 1.807) is 20.8 Å². The van der Waals surface area contributed by atoms with Crippen molar-refractivity contribution in [1.82, 2.24) is 5.32 Å². The van der Waals surface area contributed by atoms with E-state index in [0.717, 1.165) is 0 Å². The average molecular weight is 226 g/mol. The van der Waals surface area contributed by atoms with Gasteiger partial charge in [0, 0.05) is 0 Å². The molecule has 0 aromatic heterocycles. The highest BCUT2D eigenvalue weighted by Crippen LogP contribution is 2.06. The fourth-order valence-electron chi connectivity index (χ4n) is 0.546. The summed E-state index contributed by atoms with van der Waals surface area (Å²) >= 11 is 0. The van der Waals surface area contributed by atoms with Gasteiger partial charge < -0.3 is 15.2 Å². The van der Waals surface area contributed by atoms with E-state index in [2.05, 4.69) is 5.32 Å². The summed E-state index contributed by atoms with van der Waals surface area (Å²) in [6.07, 6.45) is -0.720. The molecule has 0 rings (SSSR count). The number of halogens is 1. The molecule has 0 bridgehead atoms. The van der Waals surface area contributed by atoms with E-state index < -0.39 is 23.7 Å². The molecule has 5 nitrogen and oxygen atoms in total. The van der Waals surface area contributed by atoms with Gasteiger partial charge in [-0.1, -0.05) is 0 Å². The van der Waals surface area contributed by atoms with Crippen LogP contribution in [-0.2, 0) is 9.53 Å². The largest absolute Gasteiger partial charge is 0.480 e. The number of hydrogen-bond donors (Lipinski definition) is 2. The lowest BCUT2D eigenvalue weighted by Gasteiger charge is -2.20. The first-order chi connectivity index (χ1) is 5.72. The van der Waals surface area contributed by atoms with Crippen molar-refractivity contribution in [3.63, 3.8) is 0 Å². The van der Waals surface area contributed by atoms with Gasteiger partial charge in [0.25, 0.3) is 0 Å². The maximum absolute atomic E-state index is 11.0. The van der Waals surface area contributed by atoms with Crippen LogP contribution in [0.25, 0.3) is 0 Å². The maximum Gasteiger partial charge on any atom is 0.408 e. The zero-order valence-electron chi connectivity index (χ0n) is 8.66. The molecule has 0 saturated carbocycles. The van der Waals surface area contributed by atoms with Crippen LogP contribution in [0.4, 0.5) is 4.79 Å². The number of rotatable bonds is 2. The smallest absolute Gasteiger partial charge is 0.408 e. The third-order valence-electron chi connectivity index (χ3n) is 1.10. The molecule has 0 saturated heterocycles. The summed E-state index contributed by atoms with van der Waals surface area (Å²) in [5.74, 6) is -1.09. The average Bonchev–Trinajstić information content (AvgIpc) is 1.81. The molecule has 0 spiro atoms. The van der Waals surface area contributed by atoms with E-state index in [-0.39, 0.29) is 12.4 Å². The normalized spacial score (nSPS) is 12.3. The van der Waals surface area contributed by atoms with Crippen molar-refractivity contribution < 1.29 is 19.4 Å². The Labute approximate surface area is 89.2 Å². The molecule has 0 heterocycles. The van der Waals surface area contributed by atoms with Crippen LogP contribution in [0.15, 0.2) is 0 Å². The summed E-state index contributed by atoms with van der Waals surface area (Å²) in [6.45, 7) is 6.49. The van der Waals surface area contributed by atoms with Gasteiger partial charge in [0.15, 0.2) is 0 Å². The Morgan fingerprint density at radius 2 is 1.79 bits per heavy atom.